The summed E-state index contributed by atoms with van der Waals surface area (Å²) in [5.74, 6) is 0.860. The number of aromatic nitrogens is 1. The average molecular weight is 233 g/mol. The number of fused-ring (bicyclic) bond motifs is 1. The summed E-state index contributed by atoms with van der Waals surface area (Å²) in [4.78, 5) is 17.4. The van der Waals surface area contributed by atoms with Crippen LogP contribution in [0.2, 0.25) is 0 Å². The molecule has 17 heavy (non-hydrogen) atoms. The predicted molar refractivity (Wildman–Crippen MR) is 66.6 cm³/mol. The number of carbonyl (C=O) groups excluding carboxylic acids is 1. The van der Waals surface area contributed by atoms with Crippen molar-refractivity contribution in [3.05, 3.63) is 18.0 Å². The highest BCUT2D eigenvalue weighted by Gasteiger charge is 2.37. The third kappa shape index (κ3) is 1.81. The number of rotatable bonds is 1. The molecule has 4 nitrogen and oxygen atoms in total. The molecule has 2 aliphatic rings. The van der Waals surface area contributed by atoms with Crippen LogP contribution in [0.5, 0.6) is 0 Å². The molecular formula is C13H19N3O. The van der Waals surface area contributed by atoms with E-state index >= 15 is 0 Å². The summed E-state index contributed by atoms with van der Waals surface area (Å²) in [6.07, 6.45) is 7.85. The van der Waals surface area contributed by atoms with Crippen LogP contribution >= 0.6 is 0 Å². The molecule has 2 atom stereocenters. The number of carbonyl (C=O) groups is 1. The second-order valence-electron chi connectivity index (χ2n) is 5.25. The van der Waals surface area contributed by atoms with E-state index in [9.17, 15) is 4.79 Å². The maximum absolute atomic E-state index is 12.4. The van der Waals surface area contributed by atoms with E-state index < -0.39 is 0 Å². The molecule has 0 bridgehead atoms. The van der Waals surface area contributed by atoms with E-state index in [1.54, 1.807) is 12.3 Å². The van der Waals surface area contributed by atoms with Crippen LogP contribution in [0.25, 0.3) is 0 Å². The molecule has 0 aromatic carbocycles. The van der Waals surface area contributed by atoms with E-state index in [2.05, 4.69) is 9.88 Å². The third-order valence-corrected chi connectivity index (χ3v) is 4.19. The van der Waals surface area contributed by atoms with Gasteiger partial charge in [-0.05, 0) is 37.7 Å². The van der Waals surface area contributed by atoms with Gasteiger partial charge in [0.2, 0.25) is 0 Å². The van der Waals surface area contributed by atoms with Gasteiger partial charge in [-0.2, -0.15) is 0 Å². The summed E-state index contributed by atoms with van der Waals surface area (Å²) >= 11 is 0. The van der Waals surface area contributed by atoms with Crippen LogP contribution in [0.4, 0.5) is 5.69 Å². The van der Waals surface area contributed by atoms with Crippen LogP contribution < -0.4 is 5.73 Å². The lowest BCUT2D eigenvalue weighted by Gasteiger charge is -2.37. The van der Waals surface area contributed by atoms with E-state index in [4.69, 9.17) is 5.73 Å². The average Bonchev–Trinajstić information content (AvgIpc) is 2.95. The molecule has 3 rings (SSSR count). The molecule has 1 aromatic heterocycles. The molecular weight excluding hydrogens is 214 g/mol. The maximum Gasteiger partial charge on any atom is 0.270 e. The van der Waals surface area contributed by atoms with Crippen molar-refractivity contribution in [3.8, 4) is 0 Å². The molecule has 1 amide bonds. The van der Waals surface area contributed by atoms with Gasteiger partial charge in [-0.25, -0.2) is 0 Å². The molecule has 2 heterocycles. The van der Waals surface area contributed by atoms with Gasteiger partial charge in [0.1, 0.15) is 5.69 Å². The Hall–Kier alpha value is -1.45. The number of hydrogen-bond acceptors (Lipinski definition) is 2. The number of aromatic amines is 1. The van der Waals surface area contributed by atoms with Crippen molar-refractivity contribution in [2.45, 2.75) is 38.1 Å². The smallest absolute Gasteiger partial charge is 0.270 e. The lowest BCUT2D eigenvalue weighted by Crippen LogP contribution is -2.46. The number of nitrogens with zero attached hydrogens (tertiary/aromatic N) is 1. The fourth-order valence-electron chi connectivity index (χ4n) is 3.40. The molecule has 1 saturated heterocycles. The largest absolute Gasteiger partial charge is 0.397 e. The standard InChI is InChI=1S/C13H19N3O/c14-10-7-11(15-8-10)13(17)16-6-2-4-9-3-1-5-12(9)16/h7-9,12,15H,1-6,14H2. The fourth-order valence-corrected chi connectivity index (χ4v) is 3.40. The van der Waals surface area contributed by atoms with Crippen molar-refractivity contribution in [3.63, 3.8) is 0 Å². The minimum absolute atomic E-state index is 0.123. The summed E-state index contributed by atoms with van der Waals surface area (Å²) in [5.41, 5.74) is 6.92. The summed E-state index contributed by atoms with van der Waals surface area (Å²) in [6, 6.07) is 2.21. The Kier molecular flexibility index (Phi) is 2.57. The Morgan fingerprint density at radius 2 is 2.18 bits per heavy atom. The topological polar surface area (TPSA) is 62.1 Å². The normalized spacial score (nSPS) is 28.1. The fraction of sp³-hybridized carbons (Fsp3) is 0.615. The van der Waals surface area contributed by atoms with Gasteiger partial charge in [0, 0.05) is 24.5 Å². The quantitative estimate of drug-likeness (QED) is 0.779. The van der Waals surface area contributed by atoms with Crippen molar-refractivity contribution < 1.29 is 4.79 Å². The van der Waals surface area contributed by atoms with Crippen LogP contribution in [0.15, 0.2) is 12.3 Å². The number of nitrogens with two attached hydrogens (primary N) is 1. The van der Waals surface area contributed by atoms with Gasteiger partial charge < -0.3 is 15.6 Å². The summed E-state index contributed by atoms with van der Waals surface area (Å²) in [6.45, 7) is 0.902. The molecule has 1 aromatic rings. The van der Waals surface area contributed by atoms with Crippen molar-refractivity contribution in [1.29, 1.82) is 0 Å². The minimum Gasteiger partial charge on any atom is -0.397 e. The van der Waals surface area contributed by atoms with Gasteiger partial charge in [-0.3, -0.25) is 4.79 Å². The lowest BCUT2D eigenvalue weighted by atomic mass is 9.92. The summed E-state index contributed by atoms with van der Waals surface area (Å²) in [5, 5.41) is 0. The second kappa shape index (κ2) is 4.09. The van der Waals surface area contributed by atoms with Crippen molar-refractivity contribution in [2.24, 2.45) is 5.92 Å². The Morgan fingerprint density at radius 3 is 2.94 bits per heavy atom. The highest BCUT2D eigenvalue weighted by atomic mass is 16.2. The number of hydrogen-bond donors (Lipinski definition) is 2. The first-order valence-corrected chi connectivity index (χ1v) is 6.50. The molecule has 2 unspecified atom stereocenters. The monoisotopic (exact) mass is 233 g/mol. The van der Waals surface area contributed by atoms with Gasteiger partial charge in [0.15, 0.2) is 0 Å². The Morgan fingerprint density at radius 1 is 1.35 bits per heavy atom. The number of amides is 1. The van der Waals surface area contributed by atoms with E-state index in [1.165, 1.54) is 25.7 Å². The number of nitrogens with one attached hydrogen (secondary N) is 1. The molecule has 1 aliphatic heterocycles. The van der Waals surface area contributed by atoms with Gasteiger partial charge in [0.05, 0.1) is 0 Å². The molecule has 0 spiro atoms. The SMILES string of the molecule is Nc1c[nH]c(C(=O)N2CCCC3CCCC32)c1. The molecule has 2 fully saturated rings. The van der Waals surface area contributed by atoms with Crippen LogP contribution in [0.3, 0.4) is 0 Å². The zero-order valence-electron chi connectivity index (χ0n) is 9.98. The van der Waals surface area contributed by atoms with Gasteiger partial charge in [0.25, 0.3) is 5.91 Å². The van der Waals surface area contributed by atoms with Crippen LogP contribution in [-0.4, -0.2) is 28.4 Å². The predicted octanol–water partition coefficient (Wildman–Crippen LogP) is 2.00. The molecule has 1 saturated carbocycles. The first-order valence-electron chi connectivity index (χ1n) is 6.50. The summed E-state index contributed by atoms with van der Waals surface area (Å²) < 4.78 is 0. The minimum atomic E-state index is 0.123. The van der Waals surface area contributed by atoms with Crippen LogP contribution in [0, 0.1) is 5.92 Å². The Labute approximate surface area is 101 Å². The number of nitrogen functional groups attached to an aromatic ring is 1. The van der Waals surface area contributed by atoms with E-state index in [0.717, 1.165) is 18.9 Å². The summed E-state index contributed by atoms with van der Waals surface area (Å²) in [7, 11) is 0. The first kappa shape index (κ1) is 10.7. The molecule has 1 aliphatic carbocycles. The zero-order chi connectivity index (χ0) is 11.8. The number of piperidine rings is 1. The van der Waals surface area contributed by atoms with Crippen LogP contribution in [0.1, 0.15) is 42.6 Å². The van der Waals surface area contributed by atoms with E-state index in [-0.39, 0.29) is 5.91 Å². The van der Waals surface area contributed by atoms with Gasteiger partial charge in [-0.15, -0.1) is 0 Å². The third-order valence-electron chi connectivity index (χ3n) is 4.19. The second-order valence-corrected chi connectivity index (χ2v) is 5.25. The van der Waals surface area contributed by atoms with Gasteiger partial charge >= 0.3 is 0 Å². The van der Waals surface area contributed by atoms with E-state index in [0.29, 0.717) is 17.4 Å². The lowest BCUT2D eigenvalue weighted by molar-refractivity contribution is 0.0543. The maximum atomic E-state index is 12.4. The van der Waals surface area contributed by atoms with Crippen molar-refractivity contribution in [1.82, 2.24) is 9.88 Å². The van der Waals surface area contributed by atoms with Crippen LogP contribution in [-0.2, 0) is 0 Å². The zero-order valence-corrected chi connectivity index (χ0v) is 9.98. The molecule has 0 radical (unpaired) electrons. The van der Waals surface area contributed by atoms with E-state index in [1.807, 2.05) is 0 Å². The Bertz CT molecular complexity index is 426. The highest BCUT2D eigenvalue weighted by Crippen LogP contribution is 2.37. The first-order chi connectivity index (χ1) is 8.25. The number of H-pyrrole nitrogens is 1. The molecule has 92 valence electrons. The number of likely N-dealkylation sites (tertiary alicyclic amines) is 1. The van der Waals surface area contributed by atoms with Crippen molar-refractivity contribution >= 4 is 11.6 Å². The molecule has 3 N–H and O–H groups in total. The molecule has 4 heteroatoms. The highest BCUT2D eigenvalue weighted by molar-refractivity contribution is 5.93. The Balaban J connectivity index is 1.81. The number of anilines is 1. The van der Waals surface area contributed by atoms with Crippen molar-refractivity contribution in [2.75, 3.05) is 12.3 Å². The van der Waals surface area contributed by atoms with Gasteiger partial charge in [-0.1, -0.05) is 6.42 Å².